The van der Waals surface area contributed by atoms with Crippen LogP contribution in [0.2, 0.25) is 0 Å². The number of amides is 1. The molecule has 0 heterocycles. The molecule has 2 N–H and O–H groups in total. The van der Waals surface area contributed by atoms with Crippen molar-refractivity contribution in [1.29, 1.82) is 0 Å². The van der Waals surface area contributed by atoms with Crippen LogP contribution in [0.15, 0.2) is 48.5 Å². The fraction of sp³-hybridized carbons (Fsp3) is 0.333. The minimum atomic E-state index is -1.04. The van der Waals surface area contributed by atoms with Crippen molar-refractivity contribution in [3.63, 3.8) is 0 Å². The summed E-state index contributed by atoms with van der Waals surface area (Å²) in [4.78, 5) is 22.5. The third-order valence-electron chi connectivity index (χ3n) is 3.84. The maximum Gasteiger partial charge on any atom is 0.341 e. The fourth-order valence-corrected chi connectivity index (χ4v) is 2.34. The van der Waals surface area contributed by atoms with Gasteiger partial charge >= 0.3 is 5.97 Å². The van der Waals surface area contributed by atoms with E-state index in [0.29, 0.717) is 18.0 Å². The Bertz CT molecular complexity index is 778. The molecular weight excluding hydrogens is 346 g/mol. The van der Waals surface area contributed by atoms with Gasteiger partial charge in [-0.15, -0.1) is 0 Å². The summed E-state index contributed by atoms with van der Waals surface area (Å²) in [5, 5.41) is 11.4. The second-order valence-corrected chi connectivity index (χ2v) is 7.17. The number of rotatable bonds is 8. The van der Waals surface area contributed by atoms with E-state index in [9.17, 15) is 9.59 Å². The first-order valence-electron chi connectivity index (χ1n) is 8.67. The van der Waals surface area contributed by atoms with E-state index in [4.69, 9.17) is 14.6 Å². The monoisotopic (exact) mass is 371 g/mol. The van der Waals surface area contributed by atoms with Crippen molar-refractivity contribution in [1.82, 2.24) is 5.32 Å². The molecule has 0 aliphatic heterocycles. The molecule has 0 saturated carbocycles. The highest BCUT2D eigenvalue weighted by Crippen LogP contribution is 2.24. The van der Waals surface area contributed by atoms with Crippen molar-refractivity contribution >= 4 is 11.9 Å². The Morgan fingerprint density at radius 2 is 1.63 bits per heavy atom. The van der Waals surface area contributed by atoms with E-state index in [-0.39, 0.29) is 17.9 Å². The number of carbonyl (C=O) groups is 2. The van der Waals surface area contributed by atoms with E-state index in [1.54, 1.807) is 18.2 Å². The van der Waals surface area contributed by atoms with Gasteiger partial charge in [-0.05, 0) is 40.8 Å². The highest BCUT2D eigenvalue weighted by Gasteiger charge is 2.13. The fourth-order valence-electron chi connectivity index (χ4n) is 2.34. The molecule has 2 aromatic rings. The number of ether oxygens (including phenoxy) is 2. The van der Waals surface area contributed by atoms with E-state index in [1.807, 2.05) is 30.3 Å². The van der Waals surface area contributed by atoms with E-state index < -0.39 is 12.6 Å². The molecule has 1 amide bonds. The van der Waals surface area contributed by atoms with Crippen LogP contribution in [0.1, 0.15) is 31.9 Å². The van der Waals surface area contributed by atoms with Gasteiger partial charge in [-0.2, -0.15) is 0 Å². The highest BCUT2D eigenvalue weighted by molar-refractivity contribution is 5.77. The SMILES string of the molecule is CC(C)(C)c1ccc(OCC(=O)NCc2cccc(OCC(=O)O)c2)cc1. The Morgan fingerprint density at radius 3 is 2.26 bits per heavy atom. The lowest BCUT2D eigenvalue weighted by molar-refractivity contribution is -0.139. The molecular formula is C21H25NO5. The lowest BCUT2D eigenvalue weighted by atomic mass is 9.87. The Balaban J connectivity index is 1.79. The van der Waals surface area contributed by atoms with Gasteiger partial charge in [-0.3, -0.25) is 4.79 Å². The summed E-state index contributed by atoms with van der Waals surface area (Å²) in [5.41, 5.74) is 2.07. The first kappa shape index (κ1) is 20.3. The first-order chi connectivity index (χ1) is 12.7. The summed E-state index contributed by atoms with van der Waals surface area (Å²) in [6, 6.07) is 14.6. The Kier molecular flexibility index (Phi) is 6.82. The summed E-state index contributed by atoms with van der Waals surface area (Å²) in [5.74, 6) is -0.199. The molecule has 0 fully saturated rings. The molecule has 0 aliphatic carbocycles. The molecule has 0 unspecified atom stereocenters. The van der Waals surface area contributed by atoms with E-state index >= 15 is 0 Å². The minimum absolute atomic E-state index is 0.0681. The standard InChI is InChI=1S/C21H25NO5/c1-21(2,3)16-7-9-17(10-8-16)26-13-19(23)22-12-15-5-4-6-18(11-15)27-14-20(24)25/h4-11H,12-14H2,1-3H3,(H,22,23)(H,24,25). The van der Waals surface area contributed by atoms with Crippen LogP contribution in [0.4, 0.5) is 0 Å². The molecule has 27 heavy (non-hydrogen) atoms. The molecule has 0 radical (unpaired) electrons. The average Bonchev–Trinajstić information content (AvgIpc) is 2.63. The predicted molar refractivity (Wildman–Crippen MR) is 102 cm³/mol. The van der Waals surface area contributed by atoms with Gasteiger partial charge in [0, 0.05) is 6.54 Å². The number of benzene rings is 2. The summed E-state index contributed by atoms with van der Waals surface area (Å²) in [6.07, 6.45) is 0. The van der Waals surface area contributed by atoms with E-state index in [0.717, 1.165) is 5.56 Å². The smallest absolute Gasteiger partial charge is 0.341 e. The zero-order chi connectivity index (χ0) is 19.9. The Hall–Kier alpha value is -3.02. The molecule has 2 aromatic carbocycles. The minimum Gasteiger partial charge on any atom is -0.484 e. The van der Waals surface area contributed by atoms with Gasteiger partial charge < -0.3 is 19.9 Å². The number of carbonyl (C=O) groups excluding carboxylic acids is 1. The van der Waals surface area contributed by atoms with Gasteiger partial charge in [0.05, 0.1) is 0 Å². The van der Waals surface area contributed by atoms with Crippen molar-refractivity contribution in [2.24, 2.45) is 0 Å². The zero-order valence-corrected chi connectivity index (χ0v) is 15.8. The van der Waals surface area contributed by atoms with Crippen LogP contribution in [0.25, 0.3) is 0 Å². The highest BCUT2D eigenvalue weighted by atomic mass is 16.5. The molecule has 0 bridgehead atoms. The van der Waals surface area contributed by atoms with Crippen LogP contribution in [0.3, 0.4) is 0 Å². The third kappa shape index (κ3) is 7.01. The first-order valence-corrected chi connectivity index (χ1v) is 8.67. The molecule has 0 atom stereocenters. The van der Waals surface area contributed by atoms with Crippen molar-refractivity contribution in [3.05, 3.63) is 59.7 Å². The number of carboxylic acids is 1. The van der Waals surface area contributed by atoms with Crippen molar-refractivity contribution in [3.8, 4) is 11.5 Å². The lowest BCUT2D eigenvalue weighted by Crippen LogP contribution is -2.28. The Morgan fingerprint density at radius 1 is 0.963 bits per heavy atom. The number of nitrogens with one attached hydrogen (secondary N) is 1. The second kappa shape index (κ2) is 9.07. The summed E-state index contributed by atoms with van der Waals surface area (Å²) in [6.45, 7) is 6.23. The Labute approximate surface area is 159 Å². The maximum absolute atomic E-state index is 12.0. The van der Waals surface area contributed by atoms with E-state index in [1.165, 1.54) is 5.56 Å². The number of hydrogen-bond acceptors (Lipinski definition) is 4. The topological polar surface area (TPSA) is 84.9 Å². The molecule has 6 heteroatoms. The van der Waals surface area contributed by atoms with Crippen molar-refractivity contribution < 1.29 is 24.2 Å². The molecule has 6 nitrogen and oxygen atoms in total. The van der Waals surface area contributed by atoms with E-state index in [2.05, 4.69) is 26.1 Å². The molecule has 0 aromatic heterocycles. The van der Waals surface area contributed by atoms with Crippen LogP contribution >= 0.6 is 0 Å². The zero-order valence-electron chi connectivity index (χ0n) is 15.8. The van der Waals surface area contributed by atoms with Gasteiger partial charge in [0.15, 0.2) is 13.2 Å². The quantitative estimate of drug-likeness (QED) is 0.745. The summed E-state index contributed by atoms with van der Waals surface area (Å²) in [7, 11) is 0. The molecule has 144 valence electrons. The van der Waals surface area contributed by atoms with Crippen molar-refractivity contribution in [2.75, 3.05) is 13.2 Å². The molecule has 2 rings (SSSR count). The largest absolute Gasteiger partial charge is 0.484 e. The lowest BCUT2D eigenvalue weighted by Gasteiger charge is -2.19. The summed E-state index contributed by atoms with van der Waals surface area (Å²) >= 11 is 0. The van der Waals surface area contributed by atoms with Crippen LogP contribution in [0.5, 0.6) is 11.5 Å². The van der Waals surface area contributed by atoms with Gasteiger partial charge in [0.1, 0.15) is 11.5 Å². The van der Waals surface area contributed by atoms with Crippen LogP contribution in [-0.4, -0.2) is 30.2 Å². The number of carboxylic acid groups (broad SMARTS) is 1. The second-order valence-electron chi connectivity index (χ2n) is 7.17. The summed E-state index contributed by atoms with van der Waals surface area (Å²) < 4.78 is 10.6. The van der Waals surface area contributed by atoms with Crippen LogP contribution in [0, 0.1) is 0 Å². The molecule has 0 spiro atoms. The maximum atomic E-state index is 12.0. The average molecular weight is 371 g/mol. The van der Waals surface area contributed by atoms with Crippen LogP contribution < -0.4 is 14.8 Å². The third-order valence-corrected chi connectivity index (χ3v) is 3.84. The predicted octanol–water partition coefficient (Wildman–Crippen LogP) is 3.14. The number of hydrogen-bond donors (Lipinski definition) is 2. The normalized spacial score (nSPS) is 10.9. The number of aliphatic carboxylic acids is 1. The van der Waals surface area contributed by atoms with Gasteiger partial charge in [0.2, 0.25) is 0 Å². The van der Waals surface area contributed by atoms with Gasteiger partial charge in [-0.1, -0.05) is 45.0 Å². The molecule has 0 aliphatic rings. The van der Waals surface area contributed by atoms with Gasteiger partial charge in [-0.25, -0.2) is 4.79 Å². The van der Waals surface area contributed by atoms with Crippen LogP contribution in [-0.2, 0) is 21.5 Å². The molecule has 0 saturated heterocycles. The van der Waals surface area contributed by atoms with Gasteiger partial charge in [0.25, 0.3) is 5.91 Å². The van der Waals surface area contributed by atoms with Crippen molar-refractivity contribution in [2.45, 2.75) is 32.7 Å².